The van der Waals surface area contributed by atoms with Crippen molar-refractivity contribution in [2.45, 2.75) is 13.0 Å². The fraction of sp³-hybridized carbons (Fsp3) is 0.222. The number of carboxylic acid groups (broad SMARTS) is 1. The SMILES string of the molecule is O=C(O)Cn1nnc(Cc2ccncc2)n1. The molecule has 0 aromatic carbocycles. The van der Waals surface area contributed by atoms with E-state index in [9.17, 15) is 4.79 Å². The highest BCUT2D eigenvalue weighted by molar-refractivity contribution is 5.66. The fourth-order valence-corrected chi connectivity index (χ4v) is 1.22. The predicted octanol–water partition coefficient (Wildman–Crippen LogP) is -0.257. The summed E-state index contributed by atoms with van der Waals surface area (Å²) in [6.45, 7) is -0.274. The van der Waals surface area contributed by atoms with Crippen LogP contribution in [0.25, 0.3) is 0 Å². The van der Waals surface area contributed by atoms with Gasteiger partial charge in [-0.05, 0) is 22.9 Å². The van der Waals surface area contributed by atoms with Gasteiger partial charge >= 0.3 is 5.97 Å². The third kappa shape index (κ3) is 2.59. The van der Waals surface area contributed by atoms with Crippen molar-refractivity contribution in [2.24, 2.45) is 0 Å². The van der Waals surface area contributed by atoms with Gasteiger partial charge in [0, 0.05) is 18.8 Å². The Morgan fingerprint density at radius 1 is 1.38 bits per heavy atom. The molecule has 7 heteroatoms. The van der Waals surface area contributed by atoms with E-state index in [-0.39, 0.29) is 6.54 Å². The van der Waals surface area contributed by atoms with Crippen molar-refractivity contribution >= 4 is 5.97 Å². The maximum Gasteiger partial charge on any atom is 0.327 e. The van der Waals surface area contributed by atoms with E-state index >= 15 is 0 Å². The van der Waals surface area contributed by atoms with Crippen LogP contribution in [0.15, 0.2) is 24.5 Å². The van der Waals surface area contributed by atoms with Gasteiger partial charge in [0.2, 0.25) is 0 Å². The van der Waals surface area contributed by atoms with Crippen molar-refractivity contribution < 1.29 is 9.90 Å². The van der Waals surface area contributed by atoms with Crippen molar-refractivity contribution in [3.05, 3.63) is 35.9 Å². The van der Waals surface area contributed by atoms with Gasteiger partial charge in [-0.2, -0.15) is 4.80 Å². The minimum absolute atomic E-state index is 0.274. The lowest BCUT2D eigenvalue weighted by Gasteiger charge is -1.94. The van der Waals surface area contributed by atoms with Crippen LogP contribution in [-0.2, 0) is 17.8 Å². The van der Waals surface area contributed by atoms with Crippen LogP contribution in [0, 0.1) is 0 Å². The highest BCUT2D eigenvalue weighted by atomic mass is 16.4. The van der Waals surface area contributed by atoms with Gasteiger partial charge in [0.15, 0.2) is 12.4 Å². The number of carboxylic acids is 1. The molecule has 0 radical (unpaired) electrons. The molecule has 2 aromatic heterocycles. The van der Waals surface area contributed by atoms with E-state index in [4.69, 9.17) is 5.11 Å². The molecule has 0 fully saturated rings. The van der Waals surface area contributed by atoms with Gasteiger partial charge < -0.3 is 5.11 Å². The van der Waals surface area contributed by atoms with Crippen LogP contribution in [0.3, 0.4) is 0 Å². The third-order valence-corrected chi connectivity index (χ3v) is 1.88. The van der Waals surface area contributed by atoms with Crippen LogP contribution >= 0.6 is 0 Å². The number of carbonyl (C=O) groups is 1. The smallest absolute Gasteiger partial charge is 0.327 e. The lowest BCUT2D eigenvalue weighted by atomic mass is 10.2. The second kappa shape index (κ2) is 4.47. The van der Waals surface area contributed by atoms with E-state index in [2.05, 4.69) is 20.4 Å². The Bertz CT molecular complexity index is 482. The molecule has 0 amide bonds. The van der Waals surface area contributed by atoms with Crippen LogP contribution in [0.1, 0.15) is 11.4 Å². The summed E-state index contributed by atoms with van der Waals surface area (Å²) in [5.41, 5.74) is 1.00. The molecule has 0 spiro atoms. The lowest BCUT2D eigenvalue weighted by Crippen LogP contribution is -2.11. The van der Waals surface area contributed by atoms with Crippen molar-refractivity contribution in [3.63, 3.8) is 0 Å². The number of rotatable bonds is 4. The van der Waals surface area contributed by atoms with E-state index in [0.717, 1.165) is 10.4 Å². The number of pyridine rings is 1. The summed E-state index contributed by atoms with van der Waals surface area (Å²) in [4.78, 5) is 15.3. The quantitative estimate of drug-likeness (QED) is 0.761. The van der Waals surface area contributed by atoms with Crippen molar-refractivity contribution in [1.29, 1.82) is 0 Å². The Kier molecular flexibility index (Phi) is 2.86. The predicted molar refractivity (Wildman–Crippen MR) is 52.5 cm³/mol. The molecule has 82 valence electrons. The average Bonchev–Trinajstić information content (AvgIpc) is 2.66. The number of aliphatic carboxylic acids is 1. The Morgan fingerprint density at radius 2 is 2.12 bits per heavy atom. The second-order valence-electron chi connectivity index (χ2n) is 3.16. The minimum Gasteiger partial charge on any atom is -0.480 e. The summed E-state index contributed by atoms with van der Waals surface area (Å²) in [5, 5.41) is 19.9. The van der Waals surface area contributed by atoms with Crippen LogP contribution in [-0.4, -0.2) is 36.3 Å². The standard InChI is InChI=1S/C9H9N5O2/c15-9(16)6-14-12-8(11-13-14)5-7-1-3-10-4-2-7/h1-4H,5-6H2,(H,15,16). The monoisotopic (exact) mass is 219 g/mol. The molecule has 0 aliphatic heterocycles. The second-order valence-corrected chi connectivity index (χ2v) is 3.16. The maximum atomic E-state index is 10.4. The summed E-state index contributed by atoms with van der Waals surface area (Å²) in [6.07, 6.45) is 3.87. The molecule has 0 aliphatic rings. The molecular weight excluding hydrogens is 210 g/mol. The highest BCUT2D eigenvalue weighted by Crippen LogP contribution is 2.02. The first-order chi connectivity index (χ1) is 7.74. The molecule has 7 nitrogen and oxygen atoms in total. The third-order valence-electron chi connectivity index (χ3n) is 1.88. The van der Waals surface area contributed by atoms with E-state index in [1.165, 1.54) is 0 Å². The van der Waals surface area contributed by atoms with Crippen LogP contribution in [0.5, 0.6) is 0 Å². The summed E-state index contributed by atoms with van der Waals surface area (Å²) >= 11 is 0. The summed E-state index contributed by atoms with van der Waals surface area (Å²) in [6, 6.07) is 3.69. The van der Waals surface area contributed by atoms with Crippen LogP contribution in [0.2, 0.25) is 0 Å². The van der Waals surface area contributed by atoms with Crippen LogP contribution in [0.4, 0.5) is 0 Å². The summed E-state index contributed by atoms with van der Waals surface area (Å²) in [5.74, 6) is -0.500. The maximum absolute atomic E-state index is 10.4. The molecule has 0 saturated heterocycles. The Labute approximate surface area is 90.7 Å². The first kappa shape index (κ1) is 10.2. The Balaban J connectivity index is 2.06. The Morgan fingerprint density at radius 3 is 2.81 bits per heavy atom. The van der Waals surface area contributed by atoms with Gasteiger partial charge in [-0.1, -0.05) is 0 Å². The molecule has 1 N–H and O–H groups in total. The number of aromatic nitrogens is 5. The first-order valence-corrected chi connectivity index (χ1v) is 4.61. The molecule has 2 heterocycles. The molecule has 0 saturated carbocycles. The van der Waals surface area contributed by atoms with Crippen LogP contribution < -0.4 is 0 Å². The minimum atomic E-state index is -0.993. The first-order valence-electron chi connectivity index (χ1n) is 4.61. The molecule has 0 aliphatic carbocycles. The zero-order valence-corrected chi connectivity index (χ0v) is 8.32. The zero-order valence-electron chi connectivity index (χ0n) is 8.32. The summed E-state index contributed by atoms with van der Waals surface area (Å²) < 4.78 is 0. The average molecular weight is 219 g/mol. The largest absolute Gasteiger partial charge is 0.480 e. The van der Waals surface area contributed by atoms with Gasteiger partial charge in [-0.15, -0.1) is 10.2 Å². The number of tetrazole rings is 1. The molecule has 0 bridgehead atoms. The molecular formula is C9H9N5O2. The lowest BCUT2D eigenvalue weighted by molar-refractivity contribution is -0.138. The number of hydrogen-bond acceptors (Lipinski definition) is 5. The normalized spacial score (nSPS) is 10.2. The van der Waals surface area contributed by atoms with Gasteiger partial charge in [0.05, 0.1) is 0 Å². The van der Waals surface area contributed by atoms with Crippen molar-refractivity contribution in [1.82, 2.24) is 25.2 Å². The van der Waals surface area contributed by atoms with Gasteiger partial charge in [-0.25, -0.2) is 0 Å². The Hall–Kier alpha value is -2.31. The van der Waals surface area contributed by atoms with Crippen molar-refractivity contribution in [2.75, 3.05) is 0 Å². The molecule has 0 atom stereocenters. The topological polar surface area (TPSA) is 93.8 Å². The van der Waals surface area contributed by atoms with Gasteiger partial charge in [0.25, 0.3) is 0 Å². The summed E-state index contributed by atoms with van der Waals surface area (Å²) in [7, 11) is 0. The fourth-order valence-electron chi connectivity index (χ4n) is 1.22. The molecule has 0 unspecified atom stereocenters. The molecule has 16 heavy (non-hydrogen) atoms. The number of nitrogens with zero attached hydrogens (tertiary/aromatic N) is 5. The van der Waals surface area contributed by atoms with Gasteiger partial charge in [-0.3, -0.25) is 9.78 Å². The van der Waals surface area contributed by atoms with Gasteiger partial charge in [0.1, 0.15) is 0 Å². The highest BCUT2D eigenvalue weighted by Gasteiger charge is 2.06. The van der Waals surface area contributed by atoms with E-state index in [1.54, 1.807) is 12.4 Å². The van der Waals surface area contributed by atoms with E-state index in [1.807, 2.05) is 12.1 Å². The van der Waals surface area contributed by atoms with Crippen molar-refractivity contribution in [3.8, 4) is 0 Å². The zero-order chi connectivity index (χ0) is 11.4. The number of hydrogen-bond donors (Lipinski definition) is 1. The molecule has 2 rings (SSSR count). The van der Waals surface area contributed by atoms with E-state index in [0.29, 0.717) is 12.2 Å². The molecule has 2 aromatic rings. The van der Waals surface area contributed by atoms with E-state index < -0.39 is 5.97 Å².